The minimum atomic E-state index is -1.46. The van der Waals surface area contributed by atoms with Crippen LogP contribution in [-0.4, -0.2) is 58.6 Å². The zero-order valence-electron chi connectivity index (χ0n) is 16.2. The number of aliphatic carboxylic acids is 1. The summed E-state index contributed by atoms with van der Waals surface area (Å²) in [5, 5.41) is 24.6. The number of aliphatic hydroxyl groups excluding tert-OH is 1. The lowest BCUT2D eigenvalue weighted by Gasteiger charge is -2.33. The van der Waals surface area contributed by atoms with Gasteiger partial charge >= 0.3 is 5.97 Å². The van der Waals surface area contributed by atoms with Crippen LogP contribution >= 0.6 is 12.6 Å². The number of carbonyl (C=O) groups excluding carboxylic acids is 1. The van der Waals surface area contributed by atoms with Gasteiger partial charge in [0.25, 0.3) is 0 Å². The Labute approximate surface area is 162 Å². The number of hydrogen-bond donors (Lipinski definition) is 6. The minimum Gasteiger partial charge on any atom is -0.479 e. The maximum absolute atomic E-state index is 12.2. The highest BCUT2D eigenvalue weighted by Gasteiger charge is 2.42. The molecule has 0 rings (SSSR count). The minimum absolute atomic E-state index is 0.0345. The van der Waals surface area contributed by atoms with E-state index in [2.05, 4.69) is 37.1 Å². The van der Waals surface area contributed by atoms with Gasteiger partial charge in [0.2, 0.25) is 5.91 Å². The molecule has 0 aliphatic carbocycles. The van der Waals surface area contributed by atoms with Crippen molar-refractivity contribution in [2.75, 3.05) is 18.9 Å². The van der Waals surface area contributed by atoms with Crippen molar-refractivity contribution >= 4 is 24.5 Å². The van der Waals surface area contributed by atoms with E-state index in [1.54, 1.807) is 19.9 Å². The molecule has 0 unspecified atom stereocenters. The van der Waals surface area contributed by atoms with Gasteiger partial charge in [-0.2, -0.15) is 12.6 Å². The average Bonchev–Trinajstić information content (AvgIpc) is 2.56. The molecule has 0 radical (unpaired) electrons. The molecule has 0 aliphatic rings. The van der Waals surface area contributed by atoms with Gasteiger partial charge in [-0.15, -0.1) is 0 Å². The molecule has 6 N–H and O–H groups in total. The number of rotatable bonds is 13. The molecule has 1 amide bonds. The monoisotopic (exact) mass is 389 g/mol. The molecule has 0 spiro atoms. The van der Waals surface area contributed by atoms with E-state index in [0.717, 1.165) is 0 Å². The van der Waals surface area contributed by atoms with Crippen LogP contribution < -0.4 is 16.4 Å². The maximum Gasteiger partial charge on any atom is 0.329 e. The summed E-state index contributed by atoms with van der Waals surface area (Å²) in [7, 11) is 0. The van der Waals surface area contributed by atoms with E-state index in [1.807, 2.05) is 6.08 Å². The molecule has 152 valence electrons. The molecule has 0 aromatic rings. The Morgan fingerprint density at radius 1 is 1.27 bits per heavy atom. The van der Waals surface area contributed by atoms with Gasteiger partial charge in [0.15, 0.2) is 0 Å². The summed E-state index contributed by atoms with van der Waals surface area (Å²) in [4.78, 5) is 23.9. The summed E-state index contributed by atoms with van der Waals surface area (Å²) in [6.07, 6.45) is 3.66. The predicted molar refractivity (Wildman–Crippen MR) is 107 cm³/mol. The van der Waals surface area contributed by atoms with E-state index in [0.29, 0.717) is 18.2 Å². The Morgan fingerprint density at radius 2 is 1.88 bits per heavy atom. The lowest BCUT2D eigenvalue weighted by molar-refractivity contribution is -0.150. The van der Waals surface area contributed by atoms with Crippen molar-refractivity contribution in [2.24, 2.45) is 17.6 Å². The van der Waals surface area contributed by atoms with Crippen LogP contribution in [0.25, 0.3) is 0 Å². The number of amides is 1. The third-order valence-corrected chi connectivity index (χ3v) is 4.92. The van der Waals surface area contributed by atoms with Crippen molar-refractivity contribution in [1.29, 1.82) is 0 Å². The van der Waals surface area contributed by atoms with Crippen molar-refractivity contribution in [2.45, 2.75) is 58.2 Å². The smallest absolute Gasteiger partial charge is 0.329 e. The first-order valence-electron chi connectivity index (χ1n) is 9.02. The molecule has 26 heavy (non-hydrogen) atoms. The van der Waals surface area contributed by atoms with Gasteiger partial charge in [0.1, 0.15) is 5.54 Å². The number of thiol groups is 1. The number of carboxylic acids is 1. The van der Waals surface area contributed by atoms with Crippen LogP contribution in [0.3, 0.4) is 0 Å². The molecular formula is C18H35N3O4S. The third kappa shape index (κ3) is 8.07. The summed E-state index contributed by atoms with van der Waals surface area (Å²) < 4.78 is 0. The summed E-state index contributed by atoms with van der Waals surface area (Å²) >= 11 is 4.16. The molecule has 0 aliphatic heterocycles. The van der Waals surface area contributed by atoms with Gasteiger partial charge in [-0.1, -0.05) is 39.8 Å². The average molecular weight is 390 g/mol. The van der Waals surface area contributed by atoms with E-state index in [1.165, 1.54) is 0 Å². The first-order chi connectivity index (χ1) is 12.1. The van der Waals surface area contributed by atoms with Crippen molar-refractivity contribution in [3.63, 3.8) is 0 Å². The zero-order chi connectivity index (χ0) is 20.3. The quantitative estimate of drug-likeness (QED) is 0.204. The highest BCUT2D eigenvalue weighted by molar-refractivity contribution is 7.80. The second-order valence-corrected chi connectivity index (χ2v) is 7.57. The second-order valence-electron chi connectivity index (χ2n) is 7.21. The lowest BCUT2D eigenvalue weighted by atomic mass is 9.83. The van der Waals surface area contributed by atoms with Crippen molar-refractivity contribution in [3.8, 4) is 0 Å². The first-order valence-corrected chi connectivity index (χ1v) is 9.65. The molecule has 7 nitrogen and oxygen atoms in total. The molecule has 0 fully saturated rings. The number of nitrogens with one attached hydrogen (secondary N) is 2. The molecule has 0 saturated carbocycles. The van der Waals surface area contributed by atoms with Crippen molar-refractivity contribution < 1.29 is 19.8 Å². The van der Waals surface area contributed by atoms with E-state index in [4.69, 9.17) is 5.73 Å². The fourth-order valence-corrected chi connectivity index (χ4v) is 2.71. The summed E-state index contributed by atoms with van der Waals surface area (Å²) in [5.41, 5.74) is 4.39. The molecule has 3 atom stereocenters. The van der Waals surface area contributed by atoms with Crippen LogP contribution in [-0.2, 0) is 9.59 Å². The van der Waals surface area contributed by atoms with E-state index in [9.17, 15) is 19.8 Å². The molecule has 8 heteroatoms. The third-order valence-electron chi connectivity index (χ3n) is 4.45. The molecule has 0 saturated heterocycles. The number of aliphatic hydroxyl groups is 1. The lowest BCUT2D eigenvalue weighted by Crippen LogP contribution is -2.58. The molecule has 0 heterocycles. The Hall–Kier alpha value is -1.09. The van der Waals surface area contributed by atoms with Crippen LogP contribution in [0.15, 0.2) is 12.2 Å². The van der Waals surface area contributed by atoms with Gasteiger partial charge in [0, 0.05) is 43.8 Å². The molecule has 0 aromatic carbocycles. The summed E-state index contributed by atoms with van der Waals surface area (Å²) in [5.74, 6) is -0.986. The Bertz CT molecular complexity index is 471. The van der Waals surface area contributed by atoms with E-state index < -0.39 is 11.5 Å². The highest BCUT2D eigenvalue weighted by atomic mass is 32.1. The van der Waals surface area contributed by atoms with Crippen molar-refractivity contribution in [1.82, 2.24) is 10.6 Å². The van der Waals surface area contributed by atoms with Gasteiger partial charge in [-0.3, -0.25) is 4.79 Å². The molecule has 0 aromatic heterocycles. The largest absolute Gasteiger partial charge is 0.479 e. The standard InChI is InChI=1S/C18H35N3O4S/c1-12(2)15(20-10-14(19)11-26)6-5-7-16(23)21-18(8-9-22,13(3)4)17(24)25/h5-6,12-15,20,22,26H,7-11,19H2,1-4H3,(H,21,23)(H,24,25)/b6-5+/t14-,15-,18-/m1/s1. The van der Waals surface area contributed by atoms with Crippen molar-refractivity contribution in [3.05, 3.63) is 12.2 Å². The number of carboxylic acid groups (broad SMARTS) is 1. The Morgan fingerprint density at radius 3 is 2.31 bits per heavy atom. The van der Waals surface area contributed by atoms with Crippen LogP contribution in [0.1, 0.15) is 40.5 Å². The maximum atomic E-state index is 12.2. The van der Waals surface area contributed by atoms with E-state index >= 15 is 0 Å². The number of hydrogen-bond acceptors (Lipinski definition) is 6. The van der Waals surface area contributed by atoms with E-state index in [-0.39, 0.29) is 43.4 Å². The fraction of sp³-hybridized carbons (Fsp3) is 0.778. The second kappa shape index (κ2) is 12.3. The number of carbonyl (C=O) groups is 2. The van der Waals surface area contributed by atoms with Crippen LogP contribution in [0, 0.1) is 11.8 Å². The first kappa shape index (κ1) is 24.9. The van der Waals surface area contributed by atoms with Gasteiger partial charge in [-0.05, 0) is 11.8 Å². The van der Waals surface area contributed by atoms with Gasteiger partial charge < -0.3 is 26.6 Å². The Kier molecular flexibility index (Phi) is 11.8. The predicted octanol–water partition coefficient (Wildman–Crippen LogP) is 0.782. The van der Waals surface area contributed by atoms with Gasteiger partial charge in [-0.25, -0.2) is 4.79 Å². The Balaban J connectivity index is 4.86. The van der Waals surface area contributed by atoms with Gasteiger partial charge in [0.05, 0.1) is 0 Å². The molecular weight excluding hydrogens is 354 g/mol. The highest BCUT2D eigenvalue weighted by Crippen LogP contribution is 2.22. The van der Waals surface area contributed by atoms with Crippen LogP contribution in [0.2, 0.25) is 0 Å². The zero-order valence-corrected chi connectivity index (χ0v) is 17.1. The SMILES string of the molecule is CC(C)[C@@H](/C=C/CC(=O)N[C@@](CCO)(C(=O)O)C(C)C)NC[C@@H](N)CS. The van der Waals surface area contributed by atoms with Crippen LogP contribution in [0.4, 0.5) is 0 Å². The summed E-state index contributed by atoms with van der Waals surface area (Å²) in [6, 6.07) is 0.0116. The molecule has 0 bridgehead atoms. The fourth-order valence-electron chi connectivity index (χ4n) is 2.58. The summed E-state index contributed by atoms with van der Waals surface area (Å²) in [6.45, 7) is 7.85. The number of nitrogens with two attached hydrogens (primary N) is 1. The normalized spacial score (nSPS) is 16.7. The topological polar surface area (TPSA) is 125 Å². The van der Waals surface area contributed by atoms with Crippen LogP contribution in [0.5, 0.6) is 0 Å².